The van der Waals surface area contributed by atoms with Crippen LogP contribution in [-0.4, -0.2) is 19.0 Å². The van der Waals surface area contributed by atoms with E-state index in [0.717, 1.165) is 25.2 Å². The molecule has 1 aliphatic rings. The fourth-order valence-electron chi connectivity index (χ4n) is 2.08. The topological polar surface area (TPSA) is 44.5 Å². The van der Waals surface area contributed by atoms with Gasteiger partial charge < -0.3 is 15.2 Å². The molecule has 0 aliphatic carbocycles. The molecule has 0 bridgehead atoms. The summed E-state index contributed by atoms with van der Waals surface area (Å²) in [6.07, 6.45) is 1.55. The third-order valence-corrected chi connectivity index (χ3v) is 3.34. The Balaban J connectivity index is 2.06. The first-order chi connectivity index (χ1) is 8.11. The summed E-state index contributed by atoms with van der Waals surface area (Å²) in [4.78, 5) is 0. The second-order valence-electron chi connectivity index (χ2n) is 4.52. The van der Waals surface area contributed by atoms with Crippen LogP contribution >= 0.6 is 11.6 Å². The Morgan fingerprint density at radius 2 is 2.00 bits per heavy atom. The Morgan fingerprint density at radius 3 is 2.65 bits per heavy atom. The summed E-state index contributed by atoms with van der Waals surface area (Å²) in [7, 11) is 0. The monoisotopic (exact) mass is 255 g/mol. The van der Waals surface area contributed by atoms with Gasteiger partial charge in [-0.25, -0.2) is 0 Å². The van der Waals surface area contributed by atoms with Crippen LogP contribution in [0.1, 0.15) is 31.4 Å². The molecular formula is C13H18ClNO2. The molecule has 1 fully saturated rings. The van der Waals surface area contributed by atoms with Crippen molar-refractivity contribution in [2.75, 3.05) is 13.2 Å². The second kappa shape index (κ2) is 5.36. The molecule has 2 N–H and O–H groups in total. The standard InChI is InChI=1S/C13H18ClNO2/c1-13(16-7-4-8-17-13)9-12(15)10-5-2-3-6-11(10)14/h2-3,5-6,12H,4,7-9,15H2,1H3. The van der Waals surface area contributed by atoms with Crippen LogP contribution in [0.2, 0.25) is 5.02 Å². The highest BCUT2D eigenvalue weighted by Crippen LogP contribution is 2.31. The first-order valence-corrected chi connectivity index (χ1v) is 6.26. The minimum atomic E-state index is -0.586. The SMILES string of the molecule is CC1(CC(N)c2ccccc2Cl)OCCCO1. The van der Waals surface area contributed by atoms with E-state index in [9.17, 15) is 0 Å². The second-order valence-corrected chi connectivity index (χ2v) is 4.92. The quantitative estimate of drug-likeness (QED) is 0.903. The molecule has 94 valence electrons. The molecule has 1 heterocycles. The van der Waals surface area contributed by atoms with Crippen molar-refractivity contribution in [3.8, 4) is 0 Å². The van der Waals surface area contributed by atoms with Gasteiger partial charge in [-0.15, -0.1) is 0 Å². The molecule has 2 rings (SSSR count). The van der Waals surface area contributed by atoms with Crippen LogP contribution in [0.3, 0.4) is 0 Å². The molecular weight excluding hydrogens is 238 g/mol. The summed E-state index contributed by atoms with van der Waals surface area (Å²) in [5.41, 5.74) is 7.11. The van der Waals surface area contributed by atoms with Gasteiger partial charge in [0.2, 0.25) is 0 Å². The zero-order valence-corrected chi connectivity index (χ0v) is 10.7. The van der Waals surface area contributed by atoms with Gasteiger partial charge >= 0.3 is 0 Å². The number of rotatable bonds is 3. The number of hydrogen-bond donors (Lipinski definition) is 1. The molecule has 1 saturated heterocycles. The van der Waals surface area contributed by atoms with Crippen LogP contribution in [-0.2, 0) is 9.47 Å². The van der Waals surface area contributed by atoms with Gasteiger partial charge in [0.15, 0.2) is 5.79 Å². The first-order valence-electron chi connectivity index (χ1n) is 5.89. The van der Waals surface area contributed by atoms with E-state index in [2.05, 4.69) is 0 Å². The van der Waals surface area contributed by atoms with Crippen molar-refractivity contribution in [1.82, 2.24) is 0 Å². The van der Waals surface area contributed by atoms with E-state index in [1.165, 1.54) is 0 Å². The van der Waals surface area contributed by atoms with Crippen LogP contribution in [0.5, 0.6) is 0 Å². The molecule has 0 aromatic heterocycles. The van der Waals surface area contributed by atoms with Gasteiger partial charge in [0.05, 0.1) is 13.2 Å². The fraction of sp³-hybridized carbons (Fsp3) is 0.538. The normalized spacial score (nSPS) is 21.1. The Labute approximate surface area is 107 Å². The fourth-order valence-corrected chi connectivity index (χ4v) is 2.36. The third kappa shape index (κ3) is 3.19. The first kappa shape index (κ1) is 12.8. The predicted molar refractivity (Wildman–Crippen MR) is 67.9 cm³/mol. The summed E-state index contributed by atoms with van der Waals surface area (Å²) < 4.78 is 11.3. The maximum atomic E-state index is 6.17. The Morgan fingerprint density at radius 1 is 1.35 bits per heavy atom. The van der Waals surface area contributed by atoms with Gasteiger partial charge in [-0.05, 0) is 25.0 Å². The molecule has 3 nitrogen and oxygen atoms in total. The summed E-state index contributed by atoms with van der Waals surface area (Å²) in [5, 5.41) is 0.694. The van der Waals surface area contributed by atoms with Gasteiger partial charge in [0, 0.05) is 17.5 Å². The highest BCUT2D eigenvalue weighted by Gasteiger charge is 2.32. The zero-order chi connectivity index (χ0) is 12.3. The molecule has 0 radical (unpaired) electrons. The minimum Gasteiger partial charge on any atom is -0.350 e. The van der Waals surface area contributed by atoms with E-state index in [-0.39, 0.29) is 6.04 Å². The lowest BCUT2D eigenvalue weighted by Gasteiger charge is -2.35. The Hall–Kier alpha value is -0.610. The van der Waals surface area contributed by atoms with Crippen molar-refractivity contribution in [2.45, 2.75) is 31.6 Å². The summed E-state index contributed by atoms with van der Waals surface area (Å²) in [6.45, 7) is 3.39. The molecule has 0 spiro atoms. The lowest BCUT2D eigenvalue weighted by molar-refractivity contribution is -0.260. The van der Waals surface area contributed by atoms with E-state index in [1.807, 2.05) is 31.2 Å². The van der Waals surface area contributed by atoms with Crippen LogP contribution in [0.15, 0.2) is 24.3 Å². The predicted octanol–water partition coefficient (Wildman–Crippen LogP) is 2.88. The van der Waals surface area contributed by atoms with Crippen LogP contribution < -0.4 is 5.73 Å². The molecule has 0 saturated carbocycles. The van der Waals surface area contributed by atoms with Gasteiger partial charge in [-0.3, -0.25) is 0 Å². The van der Waals surface area contributed by atoms with E-state index in [0.29, 0.717) is 11.4 Å². The molecule has 17 heavy (non-hydrogen) atoms. The van der Waals surface area contributed by atoms with Crippen LogP contribution in [0.25, 0.3) is 0 Å². The lowest BCUT2D eigenvalue weighted by Crippen LogP contribution is -2.40. The number of benzene rings is 1. The van der Waals surface area contributed by atoms with Gasteiger partial charge in [-0.1, -0.05) is 29.8 Å². The van der Waals surface area contributed by atoms with Crippen molar-refractivity contribution in [3.05, 3.63) is 34.9 Å². The Kier molecular flexibility index (Phi) is 4.05. The van der Waals surface area contributed by atoms with Gasteiger partial charge in [-0.2, -0.15) is 0 Å². The minimum absolute atomic E-state index is 0.174. The van der Waals surface area contributed by atoms with E-state index in [4.69, 9.17) is 26.8 Å². The van der Waals surface area contributed by atoms with Crippen molar-refractivity contribution in [2.24, 2.45) is 5.73 Å². The van der Waals surface area contributed by atoms with Gasteiger partial charge in [0.1, 0.15) is 0 Å². The molecule has 1 atom stereocenters. The average molecular weight is 256 g/mol. The summed E-state index contributed by atoms with van der Waals surface area (Å²) >= 11 is 6.12. The number of ether oxygens (including phenoxy) is 2. The largest absolute Gasteiger partial charge is 0.350 e. The van der Waals surface area contributed by atoms with Crippen molar-refractivity contribution >= 4 is 11.6 Å². The zero-order valence-electron chi connectivity index (χ0n) is 9.99. The van der Waals surface area contributed by atoms with Crippen molar-refractivity contribution in [3.63, 3.8) is 0 Å². The highest BCUT2D eigenvalue weighted by molar-refractivity contribution is 6.31. The third-order valence-electron chi connectivity index (χ3n) is 3.00. The lowest BCUT2D eigenvalue weighted by atomic mass is 9.99. The van der Waals surface area contributed by atoms with Gasteiger partial charge in [0.25, 0.3) is 0 Å². The maximum absolute atomic E-state index is 6.17. The molecule has 4 heteroatoms. The van der Waals surface area contributed by atoms with E-state index in [1.54, 1.807) is 0 Å². The van der Waals surface area contributed by atoms with Crippen molar-refractivity contribution < 1.29 is 9.47 Å². The molecule has 1 aromatic carbocycles. The molecule has 1 aromatic rings. The van der Waals surface area contributed by atoms with Crippen LogP contribution in [0.4, 0.5) is 0 Å². The van der Waals surface area contributed by atoms with Crippen molar-refractivity contribution in [1.29, 1.82) is 0 Å². The Bertz CT molecular complexity index is 377. The average Bonchev–Trinajstić information content (AvgIpc) is 2.29. The molecule has 1 unspecified atom stereocenters. The van der Waals surface area contributed by atoms with E-state index >= 15 is 0 Å². The smallest absolute Gasteiger partial charge is 0.167 e. The number of hydrogen-bond acceptors (Lipinski definition) is 3. The summed E-state index contributed by atoms with van der Waals surface area (Å²) in [6, 6.07) is 7.45. The van der Waals surface area contributed by atoms with E-state index < -0.39 is 5.79 Å². The van der Waals surface area contributed by atoms with Crippen LogP contribution in [0, 0.1) is 0 Å². The number of halogens is 1. The molecule has 0 amide bonds. The maximum Gasteiger partial charge on any atom is 0.167 e. The molecule has 1 aliphatic heterocycles. The summed E-state index contributed by atoms with van der Waals surface area (Å²) in [5.74, 6) is -0.586. The number of nitrogens with two attached hydrogens (primary N) is 1. The highest BCUT2D eigenvalue weighted by atomic mass is 35.5.